The third kappa shape index (κ3) is 4.86. The van der Waals surface area contributed by atoms with E-state index in [4.69, 9.17) is 0 Å². The van der Waals surface area contributed by atoms with Crippen LogP contribution in [-0.4, -0.2) is 38.4 Å². The second-order valence-corrected chi connectivity index (χ2v) is 8.22. The molecule has 1 aliphatic heterocycles. The number of carbonyl (C=O) groups is 1. The minimum Gasteiger partial charge on any atom is -0.351 e. The van der Waals surface area contributed by atoms with Gasteiger partial charge in [-0.25, -0.2) is 8.42 Å². The van der Waals surface area contributed by atoms with Gasteiger partial charge in [0, 0.05) is 12.8 Å². The van der Waals surface area contributed by atoms with Gasteiger partial charge in [0.1, 0.15) is 0 Å². The van der Waals surface area contributed by atoms with E-state index in [0.29, 0.717) is 18.7 Å². The maximum absolute atomic E-state index is 12.5. The predicted octanol–water partition coefficient (Wildman–Crippen LogP) is 1.91. The highest BCUT2D eigenvalue weighted by molar-refractivity contribution is 7.92. The second-order valence-electron chi connectivity index (χ2n) is 5.89. The molecule has 1 aromatic carbocycles. The van der Waals surface area contributed by atoms with Crippen molar-refractivity contribution in [2.45, 2.75) is 30.3 Å². The maximum Gasteiger partial charge on any atom is 0.416 e. The van der Waals surface area contributed by atoms with E-state index in [0.717, 1.165) is 18.4 Å². The quantitative estimate of drug-likeness (QED) is 0.809. The van der Waals surface area contributed by atoms with Crippen molar-refractivity contribution in [2.75, 3.05) is 19.3 Å². The van der Waals surface area contributed by atoms with Crippen LogP contribution < -0.4 is 10.6 Å². The molecular weight excluding hydrogens is 381 g/mol. The molecule has 1 aliphatic rings. The Kier molecular flexibility index (Phi) is 6.88. The number of hydrogen-bond acceptors (Lipinski definition) is 4. The van der Waals surface area contributed by atoms with Crippen LogP contribution in [0.3, 0.4) is 0 Å². The fraction of sp³-hybridized carbons (Fsp3) is 0.533. The highest BCUT2D eigenvalue weighted by Gasteiger charge is 2.48. The molecule has 1 fully saturated rings. The zero-order valence-corrected chi connectivity index (χ0v) is 15.2. The molecule has 0 aromatic heterocycles. The summed E-state index contributed by atoms with van der Waals surface area (Å²) >= 11 is 0. The molecule has 0 aliphatic carbocycles. The number of carbonyl (C=O) groups excluding carboxylic acids is 1. The van der Waals surface area contributed by atoms with E-state index in [1.165, 1.54) is 12.1 Å². The van der Waals surface area contributed by atoms with E-state index in [2.05, 4.69) is 10.6 Å². The first-order valence-electron chi connectivity index (χ1n) is 7.41. The normalized spacial score (nSPS) is 17.4. The van der Waals surface area contributed by atoms with E-state index in [-0.39, 0.29) is 31.8 Å². The predicted molar refractivity (Wildman–Crippen MR) is 90.2 cm³/mol. The molecule has 0 radical (unpaired) electrons. The molecule has 0 atom stereocenters. The molecule has 0 spiro atoms. The van der Waals surface area contributed by atoms with Crippen LogP contribution in [0, 0.1) is 0 Å². The summed E-state index contributed by atoms with van der Waals surface area (Å²) in [5.41, 5.74) is -0.308. The van der Waals surface area contributed by atoms with Gasteiger partial charge in [-0.2, -0.15) is 13.2 Å². The lowest BCUT2D eigenvalue weighted by molar-refractivity contribution is -0.137. The third-order valence-corrected chi connectivity index (χ3v) is 6.28. The average molecular weight is 401 g/mol. The smallest absolute Gasteiger partial charge is 0.351 e. The molecule has 0 unspecified atom stereocenters. The van der Waals surface area contributed by atoms with Crippen LogP contribution in [0.1, 0.15) is 24.0 Å². The van der Waals surface area contributed by atoms with Crippen LogP contribution in [0.25, 0.3) is 0 Å². The van der Waals surface area contributed by atoms with Gasteiger partial charge < -0.3 is 10.6 Å². The van der Waals surface area contributed by atoms with E-state index < -0.39 is 32.2 Å². The van der Waals surface area contributed by atoms with Gasteiger partial charge in [-0.3, -0.25) is 4.79 Å². The number of nitrogens with one attached hydrogen (secondary N) is 2. The molecule has 25 heavy (non-hydrogen) atoms. The summed E-state index contributed by atoms with van der Waals surface area (Å²) in [6.45, 7) is 0.809. The van der Waals surface area contributed by atoms with Gasteiger partial charge in [-0.05, 0) is 43.6 Å². The fourth-order valence-electron chi connectivity index (χ4n) is 2.75. The molecule has 0 bridgehead atoms. The maximum atomic E-state index is 12.5. The molecule has 10 heteroatoms. The first-order chi connectivity index (χ1) is 11.1. The highest BCUT2D eigenvalue weighted by atomic mass is 35.5. The van der Waals surface area contributed by atoms with Gasteiger partial charge >= 0.3 is 6.18 Å². The molecule has 5 nitrogen and oxygen atoms in total. The third-order valence-electron chi connectivity index (χ3n) is 4.27. The molecule has 1 heterocycles. The van der Waals surface area contributed by atoms with E-state index >= 15 is 0 Å². The number of alkyl halides is 3. The van der Waals surface area contributed by atoms with Gasteiger partial charge in [0.2, 0.25) is 5.91 Å². The molecule has 1 aromatic rings. The Balaban J connectivity index is 0.00000312. The lowest BCUT2D eigenvalue weighted by atomic mass is 9.95. The summed E-state index contributed by atoms with van der Waals surface area (Å²) in [7, 11) is -3.62. The second kappa shape index (κ2) is 7.92. The molecule has 2 rings (SSSR count). The monoisotopic (exact) mass is 400 g/mol. The van der Waals surface area contributed by atoms with Gasteiger partial charge in [-0.1, -0.05) is 12.1 Å². The molecule has 1 amide bonds. The Morgan fingerprint density at radius 1 is 1.20 bits per heavy atom. The van der Waals surface area contributed by atoms with E-state index in [9.17, 15) is 26.4 Å². The van der Waals surface area contributed by atoms with Gasteiger partial charge in [0.05, 0.1) is 5.56 Å². The number of halogens is 4. The van der Waals surface area contributed by atoms with Crippen molar-refractivity contribution in [3.8, 4) is 0 Å². The van der Waals surface area contributed by atoms with Crippen LogP contribution in [-0.2, 0) is 27.4 Å². The van der Waals surface area contributed by atoms with Gasteiger partial charge in [0.15, 0.2) is 14.6 Å². The minimum atomic E-state index is -4.42. The van der Waals surface area contributed by atoms with Crippen molar-refractivity contribution >= 4 is 28.2 Å². The number of benzene rings is 1. The van der Waals surface area contributed by atoms with Crippen molar-refractivity contribution in [1.29, 1.82) is 0 Å². The van der Waals surface area contributed by atoms with Crippen LogP contribution in [0.15, 0.2) is 24.3 Å². The number of amides is 1. The van der Waals surface area contributed by atoms with Crippen molar-refractivity contribution in [2.24, 2.45) is 0 Å². The number of hydrogen-bond donors (Lipinski definition) is 2. The summed E-state index contributed by atoms with van der Waals surface area (Å²) in [5, 5.41) is 5.56. The lowest BCUT2D eigenvalue weighted by Gasteiger charge is -2.34. The van der Waals surface area contributed by atoms with E-state index in [1.807, 2.05) is 0 Å². The Morgan fingerprint density at radius 2 is 1.72 bits per heavy atom. The van der Waals surface area contributed by atoms with Crippen molar-refractivity contribution in [3.63, 3.8) is 0 Å². The zero-order chi connectivity index (χ0) is 18.0. The van der Waals surface area contributed by atoms with Crippen molar-refractivity contribution in [3.05, 3.63) is 35.4 Å². The standard InChI is InChI=1S/C15H19F3N2O3S.ClH/c1-24(22,23)14(6-8-19-9-7-14)13(21)20-10-11-2-4-12(5-3-11)15(16,17)18;/h2-5,19H,6-10H2,1H3,(H,20,21);1H. The lowest BCUT2D eigenvalue weighted by Crippen LogP contribution is -2.57. The van der Waals surface area contributed by atoms with Crippen LogP contribution in [0.4, 0.5) is 13.2 Å². The van der Waals surface area contributed by atoms with Gasteiger partial charge in [0.25, 0.3) is 0 Å². The van der Waals surface area contributed by atoms with Crippen LogP contribution >= 0.6 is 12.4 Å². The number of sulfone groups is 1. The average Bonchev–Trinajstić information content (AvgIpc) is 2.51. The Hall–Kier alpha value is -1.32. The van der Waals surface area contributed by atoms with Crippen LogP contribution in [0.2, 0.25) is 0 Å². The highest BCUT2D eigenvalue weighted by Crippen LogP contribution is 2.30. The first kappa shape index (κ1) is 21.7. The molecule has 2 N–H and O–H groups in total. The minimum absolute atomic E-state index is 0. The summed E-state index contributed by atoms with van der Waals surface area (Å²) in [6.07, 6.45) is -3.04. The molecular formula is C15H20ClF3N2O3S. The van der Waals surface area contributed by atoms with Crippen LogP contribution in [0.5, 0.6) is 0 Å². The van der Waals surface area contributed by atoms with Crippen molar-refractivity contribution < 1.29 is 26.4 Å². The van der Waals surface area contributed by atoms with E-state index in [1.54, 1.807) is 0 Å². The summed E-state index contributed by atoms with van der Waals surface area (Å²) < 4.78 is 60.3. The molecule has 0 saturated carbocycles. The fourth-order valence-corrected chi connectivity index (χ4v) is 4.11. The molecule has 1 saturated heterocycles. The van der Waals surface area contributed by atoms with Gasteiger partial charge in [-0.15, -0.1) is 12.4 Å². The number of rotatable bonds is 4. The Morgan fingerprint density at radius 3 is 2.16 bits per heavy atom. The summed E-state index contributed by atoms with van der Waals surface area (Å²) in [4.78, 5) is 12.5. The Bertz CT molecular complexity index is 700. The summed E-state index contributed by atoms with van der Waals surface area (Å²) in [6, 6.07) is 4.38. The largest absolute Gasteiger partial charge is 0.416 e. The SMILES string of the molecule is CS(=O)(=O)C1(C(=O)NCc2ccc(C(F)(F)F)cc2)CCNCC1.Cl. The Labute approximate surface area is 150 Å². The zero-order valence-electron chi connectivity index (χ0n) is 13.5. The summed E-state index contributed by atoms with van der Waals surface area (Å²) in [5.74, 6) is -0.605. The van der Waals surface area contributed by atoms with Crippen molar-refractivity contribution in [1.82, 2.24) is 10.6 Å². The topological polar surface area (TPSA) is 75.3 Å². The number of piperidine rings is 1. The molecule has 142 valence electrons. The first-order valence-corrected chi connectivity index (χ1v) is 9.30.